The lowest BCUT2D eigenvalue weighted by atomic mass is 9.82. The fraction of sp³-hybridized carbons (Fsp3) is 0.621. The average Bonchev–Trinajstić information content (AvgIpc) is 3.39. The Bertz CT molecular complexity index is 1070. The minimum absolute atomic E-state index is 0.0280. The van der Waals surface area contributed by atoms with Gasteiger partial charge in [0.2, 0.25) is 0 Å². The molecular formula is C29H38N2O2S. The molecule has 2 aromatic rings. The van der Waals surface area contributed by atoms with Crippen molar-refractivity contribution in [3.63, 3.8) is 0 Å². The molecule has 0 unspecified atom stereocenters. The molecule has 3 aliphatic carbocycles. The second-order valence-corrected chi connectivity index (χ2v) is 13.2. The lowest BCUT2D eigenvalue weighted by Gasteiger charge is -2.24. The van der Waals surface area contributed by atoms with Gasteiger partial charge in [0, 0.05) is 18.9 Å². The summed E-state index contributed by atoms with van der Waals surface area (Å²) < 4.78 is 0. The van der Waals surface area contributed by atoms with Gasteiger partial charge in [-0.25, -0.2) is 4.98 Å². The molecule has 0 radical (unpaired) electrons. The Labute approximate surface area is 208 Å². The summed E-state index contributed by atoms with van der Waals surface area (Å²) in [5.41, 5.74) is 5.42. The monoisotopic (exact) mass is 478 g/mol. The summed E-state index contributed by atoms with van der Waals surface area (Å²) in [6.45, 7) is 9.20. The van der Waals surface area contributed by atoms with Gasteiger partial charge in [-0.1, -0.05) is 65.9 Å². The van der Waals surface area contributed by atoms with E-state index in [0.717, 1.165) is 17.0 Å². The molecule has 0 atom stereocenters. The van der Waals surface area contributed by atoms with E-state index in [-0.39, 0.29) is 28.6 Å². The van der Waals surface area contributed by atoms with E-state index in [0.29, 0.717) is 23.8 Å². The molecule has 5 heteroatoms. The van der Waals surface area contributed by atoms with Crippen LogP contribution in [0.5, 0.6) is 0 Å². The molecule has 3 saturated carbocycles. The Kier molecular flexibility index (Phi) is 6.20. The lowest BCUT2D eigenvalue weighted by Crippen LogP contribution is -2.44. The number of ketones is 1. The van der Waals surface area contributed by atoms with Crippen molar-refractivity contribution >= 4 is 23.0 Å². The number of amides is 1. The molecule has 0 aliphatic heterocycles. The van der Waals surface area contributed by atoms with Gasteiger partial charge in [-0.05, 0) is 64.8 Å². The lowest BCUT2D eigenvalue weighted by molar-refractivity contribution is -0.124. The second kappa shape index (κ2) is 8.89. The highest BCUT2D eigenvalue weighted by molar-refractivity contribution is 7.17. The molecule has 1 amide bonds. The Balaban J connectivity index is 1.52. The molecule has 3 fully saturated rings. The summed E-state index contributed by atoms with van der Waals surface area (Å²) >= 11 is 1.54. The van der Waals surface area contributed by atoms with Crippen molar-refractivity contribution in [3.05, 3.63) is 40.0 Å². The second-order valence-electron chi connectivity index (χ2n) is 12.2. The molecule has 0 bridgehead atoms. The Hall–Kier alpha value is -2.01. The number of nitrogens with zero attached hydrogens (tertiary/aromatic N) is 1. The maximum Gasteiger partial charge on any atom is 0.280 e. The largest absolute Gasteiger partial charge is 0.346 e. The Morgan fingerprint density at radius 1 is 1.12 bits per heavy atom. The van der Waals surface area contributed by atoms with Crippen LogP contribution in [0, 0.1) is 5.92 Å². The van der Waals surface area contributed by atoms with Gasteiger partial charge in [-0.2, -0.15) is 0 Å². The molecule has 5 rings (SSSR count). The molecule has 4 nitrogen and oxygen atoms in total. The van der Waals surface area contributed by atoms with Crippen LogP contribution in [0.1, 0.15) is 112 Å². The fourth-order valence-corrected chi connectivity index (χ4v) is 6.32. The molecule has 3 aliphatic rings. The molecule has 34 heavy (non-hydrogen) atoms. The van der Waals surface area contributed by atoms with Crippen molar-refractivity contribution < 1.29 is 9.59 Å². The minimum Gasteiger partial charge on any atom is -0.346 e. The van der Waals surface area contributed by atoms with Crippen LogP contribution < -0.4 is 5.32 Å². The third-order valence-corrected chi connectivity index (χ3v) is 9.29. The predicted molar refractivity (Wildman–Crippen MR) is 139 cm³/mol. The zero-order chi connectivity index (χ0) is 24.1. The van der Waals surface area contributed by atoms with E-state index in [1.807, 2.05) is 0 Å². The first-order valence-electron chi connectivity index (χ1n) is 13.1. The number of hydrogen-bond acceptors (Lipinski definition) is 4. The number of rotatable bonds is 6. The number of hydrogen-bond donors (Lipinski definition) is 1. The van der Waals surface area contributed by atoms with Gasteiger partial charge in [-0.3, -0.25) is 9.59 Å². The van der Waals surface area contributed by atoms with Crippen molar-refractivity contribution in [1.29, 1.82) is 0 Å². The summed E-state index contributed by atoms with van der Waals surface area (Å²) in [6.07, 6.45) is 10.8. The maximum absolute atomic E-state index is 13.0. The normalized spacial score (nSPS) is 20.8. The van der Waals surface area contributed by atoms with Gasteiger partial charge in [0.15, 0.2) is 5.01 Å². The molecule has 1 aromatic carbocycles. The summed E-state index contributed by atoms with van der Waals surface area (Å²) in [7, 11) is 0. The number of carbonyl (C=O) groups is 2. The molecule has 1 N–H and O–H groups in total. The van der Waals surface area contributed by atoms with E-state index < -0.39 is 0 Å². The summed E-state index contributed by atoms with van der Waals surface area (Å²) in [6, 6.07) is 7.07. The molecule has 182 valence electrons. The fourth-order valence-electron chi connectivity index (χ4n) is 5.33. The van der Waals surface area contributed by atoms with Crippen molar-refractivity contribution in [2.45, 2.75) is 109 Å². The highest BCUT2D eigenvalue weighted by Crippen LogP contribution is 2.50. The smallest absolute Gasteiger partial charge is 0.280 e. The van der Waals surface area contributed by atoms with Gasteiger partial charge in [0.05, 0.1) is 10.6 Å². The molecule has 0 saturated heterocycles. The molecular weight excluding hydrogens is 440 g/mol. The van der Waals surface area contributed by atoms with Crippen LogP contribution >= 0.6 is 11.3 Å². The zero-order valence-electron chi connectivity index (χ0n) is 21.1. The third kappa shape index (κ3) is 5.00. The van der Waals surface area contributed by atoms with Crippen molar-refractivity contribution in [2.75, 3.05) is 0 Å². The van der Waals surface area contributed by atoms with Gasteiger partial charge < -0.3 is 5.32 Å². The number of carbonyl (C=O) groups excluding carboxylic acids is 2. The van der Waals surface area contributed by atoms with E-state index in [9.17, 15) is 9.59 Å². The van der Waals surface area contributed by atoms with Crippen LogP contribution in [0.15, 0.2) is 18.2 Å². The minimum atomic E-state index is -0.125. The summed E-state index contributed by atoms with van der Waals surface area (Å²) in [4.78, 5) is 30.5. The van der Waals surface area contributed by atoms with Crippen LogP contribution in [-0.4, -0.2) is 22.7 Å². The van der Waals surface area contributed by atoms with Gasteiger partial charge in [-0.15, -0.1) is 11.3 Å². The van der Waals surface area contributed by atoms with E-state index in [2.05, 4.69) is 51.2 Å². The number of aromatic nitrogens is 1. The van der Waals surface area contributed by atoms with Crippen molar-refractivity contribution in [3.8, 4) is 10.4 Å². The first-order valence-corrected chi connectivity index (χ1v) is 13.9. The molecule has 0 spiro atoms. The third-order valence-electron chi connectivity index (χ3n) is 8.14. The van der Waals surface area contributed by atoms with Gasteiger partial charge in [0.25, 0.3) is 5.91 Å². The van der Waals surface area contributed by atoms with Crippen LogP contribution in [0.2, 0.25) is 0 Å². The van der Waals surface area contributed by atoms with Gasteiger partial charge >= 0.3 is 0 Å². The van der Waals surface area contributed by atoms with Crippen molar-refractivity contribution in [1.82, 2.24) is 10.3 Å². The Morgan fingerprint density at radius 2 is 1.82 bits per heavy atom. The first kappa shape index (κ1) is 23.7. The highest BCUT2D eigenvalue weighted by Gasteiger charge is 2.40. The number of Topliss-reactive ketones (excluding diaryl/α,β-unsaturated/α-hetero) is 1. The Morgan fingerprint density at radius 3 is 2.44 bits per heavy atom. The number of benzene rings is 1. The number of nitrogens with one attached hydrogen (secondary N) is 1. The topological polar surface area (TPSA) is 59.1 Å². The SMILES string of the molecule is CC(C)(C)c1cc(-c2sc(C(=O)NC3CC(=O)C3)nc2CC2CCCCC2)cc(C2(C)CC2)c1. The van der Waals surface area contributed by atoms with Crippen LogP contribution in [0.25, 0.3) is 10.4 Å². The van der Waals surface area contributed by atoms with Crippen molar-refractivity contribution in [2.24, 2.45) is 5.92 Å². The van der Waals surface area contributed by atoms with Crippen LogP contribution in [0.4, 0.5) is 0 Å². The number of thiazole rings is 1. The zero-order valence-corrected chi connectivity index (χ0v) is 21.9. The molecule has 1 heterocycles. The first-order chi connectivity index (χ1) is 16.1. The van der Waals surface area contributed by atoms with Crippen LogP contribution in [0.3, 0.4) is 0 Å². The molecule has 1 aromatic heterocycles. The van der Waals surface area contributed by atoms with E-state index in [1.165, 1.54) is 73.0 Å². The maximum atomic E-state index is 13.0. The van der Waals surface area contributed by atoms with Crippen LogP contribution in [-0.2, 0) is 22.0 Å². The standard InChI is InChI=1S/C29H38N2O2S/c1-28(2,3)20-13-19(14-21(15-20)29(4)10-11-29)25-24(12-18-8-6-5-7-9-18)31-27(34-25)26(33)30-22-16-23(32)17-22/h13-15,18,22H,5-12,16-17H2,1-4H3,(H,30,33). The van der Waals surface area contributed by atoms with E-state index in [4.69, 9.17) is 4.98 Å². The average molecular weight is 479 g/mol. The summed E-state index contributed by atoms with van der Waals surface area (Å²) in [5, 5.41) is 3.57. The van der Waals surface area contributed by atoms with E-state index >= 15 is 0 Å². The summed E-state index contributed by atoms with van der Waals surface area (Å²) in [5.74, 6) is 0.754. The highest BCUT2D eigenvalue weighted by atomic mass is 32.1. The predicted octanol–water partition coefficient (Wildman–Crippen LogP) is 6.74. The quantitative estimate of drug-likeness (QED) is 0.500. The van der Waals surface area contributed by atoms with E-state index in [1.54, 1.807) is 0 Å². The van der Waals surface area contributed by atoms with Gasteiger partial charge in [0.1, 0.15) is 5.78 Å².